The quantitative estimate of drug-likeness (QED) is 0.450. The number of ether oxygens (including phenoxy) is 2. The van der Waals surface area contributed by atoms with Crippen LogP contribution in [0.3, 0.4) is 0 Å². The molecule has 0 saturated heterocycles. The molecule has 2 heterocycles. The van der Waals surface area contributed by atoms with E-state index in [0.717, 1.165) is 25.7 Å². The van der Waals surface area contributed by atoms with Crippen LogP contribution in [0.15, 0.2) is 29.2 Å². The number of carbonyl (C=O) groups excluding carboxylic acids is 1. The van der Waals surface area contributed by atoms with Crippen LogP contribution in [0.25, 0.3) is 0 Å². The van der Waals surface area contributed by atoms with E-state index < -0.39 is 6.03 Å². The number of amides is 2. The van der Waals surface area contributed by atoms with Crippen molar-refractivity contribution in [1.29, 1.82) is 0 Å². The minimum atomic E-state index is -0.610. The molecule has 30 heavy (non-hydrogen) atoms. The second-order valence-electron chi connectivity index (χ2n) is 7.55. The summed E-state index contributed by atoms with van der Waals surface area (Å²) in [7, 11) is 0. The number of para-hydroxylation sites is 1. The highest BCUT2D eigenvalue weighted by Gasteiger charge is 2.26. The van der Waals surface area contributed by atoms with Gasteiger partial charge in [-0.1, -0.05) is 6.07 Å². The third kappa shape index (κ3) is 4.18. The summed E-state index contributed by atoms with van der Waals surface area (Å²) in [4.78, 5) is 27.6. The van der Waals surface area contributed by atoms with Gasteiger partial charge in [0.1, 0.15) is 18.0 Å². The van der Waals surface area contributed by atoms with E-state index in [2.05, 4.69) is 15.6 Å². The fourth-order valence-corrected chi connectivity index (χ4v) is 3.95. The molecule has 2 aromatic rings. The van der Waals surface area contributed by atoms with Crippen molar-refractivity contribution in [1.82, 2.24) is 14.9 Å². The van der Waals surface area contributed by atoms with Gasteiger partial charge in [0.2, 0.25) is 0 Å². The fraction of sp³-hybridized carbons (Fsp3) is 0.450. The maximum Gasteiger partial charge on any atom is 0.350 e. The van der Waals surface area contributed by atoms with E-state index in [1.54, 1.807) is 22.9 Å². The lowest BCUT2D eigenvalue weighted by molar-refractivity contribution is 0.244. The van der Waals surface area contributed by atoms with Gasteiger partial charge in [0.15, 0.2) is 17.3 Å². The maximum atomic E-state index is 12.7. The van der Waals surface area contributed by atoms with E-state index in [1.807, 2.05) is 6.07 Å². The highest BCUT2D eigenvalue weighted by molar-refractivity contribution is 5.77. The largest absolute Gasteiger partial charge is 0.489 e. The molecular weight excluding hydrogens is 388 g/mol. The average Bonchev–Trinajstić information content (AvgIpc) is 2.75. The Kier molecular flexibility index (Phi) is 5.75. The lowest BCUT2D eigenvalue weighted by atomic mass is 9.86. The molecule has 160 valence electrons. The summed E-state index contributed by atoms with van der Waals surface area (Å²) in [6.45, 7) is 1.19. The van der Waals surface area contributed by atoms with Gasteiger partial charge in [-0.25, -0.2) is 9.59 Å². The zero-order valence-corrected chi connectivity index (χ0v) is 16.6. The lowest BCUT2D eigenvalue weighted by Crippen LogP contribution is -2.32. The minimum Gasteiger partial charge on any atom is -0.489 e. The molecule has 4 rings (SSSR count). The molecule has 2 amide bonds. The van der Waals surface area contributed by atoms with Crippen LogP contribution < -0.4 is 37.3 Å². The van der Waals surface area contributed by atoms with Gasteiger partial charge in [0.05, 0.1) is 12.7 Å². The van der Waals surface area contributed by atoms with Crippen LogP contribution in [0, 0.1) is 5.92 Å². The summed E-state index contributed by atoms with van der Waals surface area (Å²) >= 11 is 0. The molecule has 0 spiro atoms. The Morgan fingerprint density at radius 1 is 1.30 bits per heavy atom. The smallest absolute Gasteiger partial charge is 0.350 e. The van der Waals surface area contributed by atoms with E-state index in [1.165, 1.54) is 0 Å². The number of rotatable bonds is 6. The van der Waals surface area contributed by atoms with Crippen molar-refractivity contribution in [3.05, 3.63) is 34.9 Å². The number of fused-ring (bicyclic) bond motifs is 2. The van der Waals surface area contributed by atoms with E-state index in [-0.39, 0.29) is 24.9 Å². The minimum absolute atomic E-state index is 0.107. The zero-order valence-electron chi connectivity index (χ0n) is 16.6. The van der Waals surface area contributed by atoms with Crippen molar-refractivity contribution >= 4 is 17.5 Å². The number of benzene rings is 1. The van der Waals surface area contributed by atoms with E-state index in [9.17, 15) is 9.59 Å². The lowest BCUT2D eigenvalue weighted by Gasteiger charge is -2.30. The topological polar surface area (TPSA) is 147 Å². The average molecular weight is 414 g/mol. The highest BCUT2D eigenvalue weighted by atomic mass is 16.5. The van der Waals surface area contributed by atoms with Gasteiger partial charge in [0.25, 0.3) is 0 Å². The summed E-state index contributed by atoms with van der Waals surface area (Å²) in [5.41, 5.74) is 11.1. The number of aromatic nitrogens is 2. The number of anilines is 2. The molecule has 1 aliphatic heterocycles. The molecule has 1 saturated carbocycles. The Morgan fingerprint density at radius 3 is 2.83 bits per heavy atom. The van der Waals surface area contributed by atoms with Crippen LogP contribution in [0.2, 0.25) is 0 Å². The Hall–Kier alpha value is -3.27. The molecule has 10 nitrogen and oxygen atoms in total. The molecule has 10 heteroatoms. The molecule has 0 bridgehead atoms. The summed E-state index contributed by atoms with van der Waals surface area (Å²) in [6.07, 6.45) is 5.57. The predicted molar refractivity (Wildman–Crippen MR) is 111 cm³/mol. The molecular formula is C20H26N6O4. The van der Waals surface area contributed by atoms with Crippen molar-refractivity contribution in [2.24, 2.45) is 17.4 Å². The first-order chi connectivity index (χ1) is 14.5. The van der Waals surface area contributed by atoms with Gasteiger partial charge in [-0.2, -0.15) is 4.98 Å². The molecule has 1 aliphatic carbocycles. The predicted octanol–water partition coefficient (Wildman–Crippen LogP) is 1.83. The van der Waals surface area contributed by atoms with Crippen molar-refractivity contribution < 1.29 is 14.3 Å². The van der Waals surface area contributed by atoms with Crippen LogP contribution in [0.5, 0.6) is 17.2 Å². The van der Waals surface area contributed by atoms with Crippen molar-refractivity contribution in [3.63, 3.8) is 0 Å². The summed E-state index contributed by atoms with van der Waals surface area (Å²) < 4.78 is 13.4. The number of nitrogens with zero attached hydrogens (tertiary/aromatic N) is 2. The van der Waals surface area contributed by atoms with E-state index in [0.29, 0.717) is 41.2 Å². The molecule has 0 radical (unpaired) electrons. The number of nitrogens with one attached hydrogen (secondary N) is 2. The molecule has 6 N–H and O–H groups in total. The number of hydrogen-bond acceptors (Lipinski definition) is 7. The molecule has 0 unspecified atom stereocenters. The zero-order chi connectivity index (χ0) is 21.1. The first-order valence-corrected chi connectivity index (χ1v) is 10.1. The van der Waals surface area contributed by atoms with Gasteiger partial charge >= 0.3 is 11.7 Å². The number of hydrogen-bond donors (Lipinski definition) is 4. The van der Waals surface area contributed by atoms with Crippen LogP contribution in [0.1, 0.15) is 31.7 Å². The van der Waals surface area contributed by atoms with Gasteiger partial charge < -0.3 is 31.6 Å². The Bertz CT molecular complexity index is 984. The summed E-state index contributed by atoms with van der Waals surface area (Å²) in [5, 5.41) is 5.60. The first-order valence-electron chi connectivity index (χ1n) is 10.1. The highest BCUT2D eigenvalue weighted by Crippen LogP contribution is 2.45. The van der Waals surface area contributed by atoms with Gasteiger partial charge in [-0.05, 0) is 50.3 Å². The van der Waals surface area contributed by atoms with Crippen LogP contribution in [-0.2, 0) is 0 Å². The molecule has 1 fully saturated rings. The monoisotopic (exact) mass is 414 g/mol. The maximum absolute atomic E-state index is 12.7. The third-order valence-electron chi connectivity index (χ3n) is 5.57. The number of urea groups is 1. The van der Waals surface area contributed by atoms with Crippen LogP contribution in [0.4, 0.5) is 16.3 Å². The second-order valence-corrected chi connectivity index (χ2v) is 7.55. The van der Waals surface area contributed by atoms with Gasteiger partial charge in [-0.3, -0.25) is 4.57 Å². The normalized spacial score (nSPS) is 19.6. The standard InChI is InChI=1S/C20H26N6O4/c21-10-12-4-6-13(7-5-12)26-11-16-18(25-20(26)28)24-17-14(2-1-3-15(17)30-16)29-9-8-23-19(22)27/h1-3,11-13H,4-10,21H2,(H3,22,23,27)(H,24,25,28)/t12-,13-. The van der Waals surface area contributed by atoms with E-state index >= 15 is 0 Å². The van der Waals surface area contributed by atoms with Gasteiger partial charge in [-0.15, -0.1) is 0 Å². The van der Waals surface area contributed by atoms with Crippen LogP contribution in [-0.4, -0.2) is 35.3 Å². The van der Waals surface area contributed by atoms with E-state index in [4.69, 9.17) is 20.9 Å². The molecule has 2 aliphatic rings. The van der Waals surface area contributed by atoms with Crippen LogP contribution >= 0.6 is 0 Å². The number of carbonyl (C=O) groups is 1. The SMILES string of the molecule is NC[C@H]1CC[C@H](n2cc3c(nc2=O)Nc2c(OCCNC(N)=O)cccc2O3)CC1. The van der Waals surface area contributed by atoms with Gasteiger partial charge in [0, 0.05) is 6.04 Å². The Morgan fingerprint density at radius 2 is 2.10 bits per heavy atom. The summed E-state index contributed by atoms with van der Waals surface area (Å²) in [5.74, 6) is 2.47. The molecule has 1 aromatic carbocycles. The third-order valence-corrected chi connectivity index (χ3v) is 5.57. The number of nitrogens with two attached hydrogens (primary N) is 2. The second kappa shape index (κ2) is 8.62. The summed E-state index contributed by atoms with van der Waals surface area (Å²) in [6, 6.07) is 4.87. The van der Waals surface area contributed by atoms with Crippen molar-refractivity contribution in [2.75, 3.05) is 25.0 Å². The number of primary amides is 1. The fourth-order valence-electron chi connectivity index (χ4n) is 3.95. The molecule has 1 aromatic heterocycles. The molecule has 0 atom stereocenters. The van der Waals surface area contributed by atoms with Crippen molar-refractivity contribution in [3.8, 4) is 17.2 Å². The Labute approximate surface area is 173 Å². The van der Waals surface area contributed by atoms with Crippen molar-refractivity contribution in [2.45, 2.75) is 31.7 Å². The first kappa shape index (κ1) is 20.0. The Balaban J connectivity index is 1.51.